The quantitative estimate of drug-likeness (QED) is 0.109. The van der Waals surface area contributed by atoms with Crippen LogP contribution >= 0.6 is 0 Å². The molecule has 184 valence electrons. The van der Waals surface area contributed by atoms with Gasteiger partial charge in [-0.15, -0.1) is 6.58 Å². The van der Waals surface area contributed by atoms with Crippen molar-refractivity contribution in [3.8, 4) is 5.75 Å². The highest BCUT2D eigenvalue weighted by atomic mass is 32.2. The summed E-state index contributed by atoms with van der Waals surface area (Å²) in [7, 11) is -2.61. The Bertz CT molecular complexity index is 689. The zero-order valence-corrected chi connectivity index (χ0v) is 20.4. The van der Waals surface area contributed by atoms with Gasteiger partial charge in [0.1, 0.15) is 25.3 Å². The number of rotatable bonds is 21. The molecule has 0 aliphatic carbocycles. The fourth-order valence-electron chi connectivity index (χ4n) is 2.98. The van der Waals surface area contributed by atoms with Gasteiger partial charge in [0.15, 0.2) is 5.94 Å². The monoisotopic (exact) mass is 472 g/mol. The molecule has 0 heterocycles. The highest BCUT2D eigenvalue weighted by molar-refractivity contribution is 7.86. The summed E-state index contributed by atoms with van der Waals surface area (Å²) >= 11 is 0. The van der Waals surface area contributed by atoms with E-state index in [0.29, 0.717) is 6.61 Å². The Hall–Kier alpha value is -1.45. The van der Waals surface area contributed by atoms with Crippen molar-refractivity contribution in [3.05, 3.63) is 42.5 Å². The minimum absolute atomic E-state index is 0.217. The van der Waals surface area contributed by atoms with Crippen LogP contribution in [0.4, 0.5) is 0 Å². The Morgan fingerprint density at radius 3 is 2.31 bits per heavy atom. The van der Waals surface area contributed by atoms with Crippen LogP contribution in [0.3, 0.4) is 0 Å². The summed E-state index contributed by atoms with van der Waals surface area (Å²) in [4.78, 5) is 0. The van der Waals surface area contributed by atoms with Crippen molar-refractivity contribution < 1.29 is 31.5 Å². The standard InChI is InChI=1S/C24H40O7S/c1-4-6-7-8-9-10-11-12-22-13-15-23(16-14-22)30-19-24(18-28-17-5-2)31-20-29-21-32(25,26)27-3/h5,13-16,24H,2,4,6-12,17-21H2,1,3H3. The molecule has 1 rings (SSSR count). The van der Waals surface area contributed by atoms with Gasteiger partial charge in [0.05, 0.1) is 20.3 Å². The molecular weight excluding hydrogens is 432 g/mol. The van der Waals surface area contributed by atoms with Crippen LogP contribution in [-0.4, -0.2) is 54.2 Å². The Labute approximate surface area is 194 Å². The van der Waals surface area contributed by atoms with Crippen LogP contribution in [0.15, 0.2) is 36.9 Å². The van der Waals surface area contributed by atoms with E-state index in [1.54, 1.807) is 6.08 Å². The first-order valence-corrected chi connectivity index (χ1v) is 13.0. The molecule has 0 aromatic heterocycles. The summed E-state index contributed by atoms with van der Waals surface area (Å²) in [6.45, 7) is 6.53. The molecule has 0 aliphatic heterocycles. The lowest BCUT2D eigenvalue weighted by Crippen LogP contribution is -2.29. The first-order valence-electron chi connectivity index (χ1n) is 11.4. The fourth-order valence-corrected chi connectivity index (χ4v) is 3.35. The summed E-state index contributed by atoms with van der Waals surface area (Å²) in [5.74, 6) is 0.165. The smallest absolute Gasteiger partial charge is 0.291 e. The zero-order chi connectivity index (χ0) is 23.5. The molecule has 0 bridgehead atoms. The largest absolute Gasteiger partial charge is 0.491 e. The van der Waals surface area contributed by atoms with Crippen molar-refractivity contribution in [2.24, 2.45) is 0 Å². The summed E-state index contributed by atoms with van der Waals surface area (Å²) in [5, 5.41) is 0. The average molecular weight is 473 g/mol. The van der Waals surface area contributed by atoms with Crippen LogP contribution in [-0.2, 0) is 34.9 Å². The predicted octanol–water partition coefficient (Wildman–Crippen LogP) is 4.85. The van der Waals surface area contributed by atoms with Crippen LogP contribution < -0.4 is 4.74 Å². The Balaban J connectivity index is 2.35. The van der Waals surface area contributed by atoms with E-state index in [0.717, 1.165) is 19.3 Å². The van der Waals surface area contributed by atoms with E-state index < -0.39 is 22.2 Å². The van der Waals surface area contributed by atoms with Gasteiger partial charge in [0.2, 0.25) is 0 Å². The number of ether oxygens (including phenoxy) is 4. The predicted molar refractivity (Wildman–Crippen MR) is 126 cm³/mol. The molecule has 1 aromatic rings. The third-order valence-corrected chi connectivity index (χ3v) is 5.80. The lowest BCUT2D eigenvalue weighted by atomic mass is 10.0. The molecule has 32 heavy (non-hydrogen) atoms. The van der Waals surface area contributed by atoms with Gasteiger partial charge in [-0.25, -0.2) is 0 Å². The number of unbranched alkanes of at least 4 members (excludes halogenated alkanes) is 6. The molecule has 0 fully saturated rings. The number of aryl methyl sites for hydroxylation is 1. The van der Waals surface area contributed by atoms with E-state index in [4.69, 9.17) is 18.9 Å². The fraction of sp³-hybridized carbons (Fsp3) is 0.667. The van der Waals surface area contributed by atoms with Crippen LogP contribution in [0.25, 0.3) is 0 Å². The minimum Gasteiger partial charge on any atom is -0.491 e. The van der Waals surface area contributed by atoms with Crippen molar-refractivity contribution >= 4 is 10.1 Å². The molecule has 0 saturated heterocycles. The van der Waals surface area contributed by atoms with E-state index in [9.17, 15) is 8.42 Å². The molecule has 0 N–H and O–H groups in total. The summed E-state index contributed by atoms with van der Waals surface area (Å²) < 4.78 is 48.7. The van der Waals surface area contributed by atoms with E-state index in [1.165, 1.54) is 50.5 Å². The Kier molecular flexibility index (Phi) is 16.1. The maximum absolute atomic E-state index is 11.3. The Morgan fingerprint density at radius 2 is 1.66 bits per heavy atom. The van der Waals surface area contributed by atoms with Crippen molar-refractivity contribution in [1.82, 2.24) is 0 Å². The molecule has 0 spiro atoms. The van der Waals surface area contributed by atoms with Gasteiger partial charge < -0.3 is 18.9 Å². The van der Waals surface area contributed by atoms with Crippen molar-refractivity contribution in [1.29, 1.82) is 0 Å². The van der Waals surface area contributed by atoms with E-state index >= 15 is 0 Å². The molecule has 1 unspecified atom stereocenters. The highest BCUT2D eigenvalue weighted by Crippen LogP contribution is 2.16. The van der Waals surface area contributed by atoms with Crippen molar-refractivity contribution in [3.63, 3.8) is 0 Å². The SMILES string of the molecule is C=CCOCC(COc1ccc(CCCCCCCCC)cc1)OCOCS(=O)(=O)OC. The summed E-state index contributed by atoms with van der Waals surface area (Å²) in [6.07, 6.45) is 11.4. The van der Waals surface area contributed by atoms with Gasteiger partial charge in [0, 0.05) is 0 Å². The normalized spacial score (nSPS) is 12.6. The molecule has 0 aliphatic rings. The third-order valence-electron chi connectivity index (χ3n) is 4.84. The topological polar surface area (TPSA) is 80.3 Å². The van der Waals surface area contributed by atoms with Crippen LogP contribution in [0, 0.1) is 0 Å². The molecule has 0 radical (unpaired) electrons. The van der Waals surface area contributed by atoms with E-state index in [1.807, 2.05) is 12.1 Å². The first kappa shape index (κ1) is 28.6. The molecular formula is C24H40O7S. The Morgan fingerprint density at radius 1 is 0.969 bits per heavy atom. The first-order chi connectivity index (χ1) is 15.5. The number of hydrogen-bond acceptors (Lipinski definition) is 7. The van der Waals surface area contributed by atoms with Crippen LogP contribution in [0.5, 0.6) is 5.75 Å². The zero-order valence-electron chi connectivity index (χ0n) is 19.6. The van der Waals surface area contributed by atoms with Crippen molar-refractivity contribution in [2.45, 2.75) is 64.4 Å². The molecule has 1 atom stereocenters. The number of benzene rings is 1. The maximum Gasteiger partial charge on any atom is 0.291 e. The van der Waals surface area contributed by atoms with Crippen LogP contribution in [0.2, 0.25) is 0 Å². The highest BCUT2D eigenvalue weighted by Gasteiger charge is 2.13. The van der Waals surface area contributed by atoms with Gasteiger partial charge in [-0.05, 0) is 30.5 Å². The molecule has 0 saturated carbocycles. The van der Waals surface area contributed by atoms with E-state index in [-0.39, 0.29) is 20.0 Å². The van der Waals surface area contributed by atoms with Crippen molar-refractivity contribution in [2.75, 3.05) is 39.7 Å². The molecule has 0 amide bonds. The number of hydrogen-bond donors (Lipinski definition) is 0. The van der Waals surface area contributed by atoms with E-state index in [2.05, 4.69) is 29.8 Å². The van der Waals surface area contributed by atoms with Crippen LogP contribution in [0.1, 0.15) is 57.4 Å². The third kappa shape index (κ3) is 14.6. The lowest BCUT2D eigenvalue weighted by Gasteiger charge is -2.18. The van der Waals surface area contributed by atoms with Gasteiger partial charge in [-0.2, -0.15) is 8.42 Å². The lowest BCUT2D eigenvalue weighted by molar-refractivity contribution is -0.111. The molecule has 1 aromatic carbocycles. The molecule has 7 nitrogen and oxygen atoms in total. The maximum atomic E-state index is 11.3. The molecule has 8 heteroatoms. The summed E-state index contributed by atoms with van der Waals surface area (Å²) in [5.41, 5.74) is 1.31. The second-order valence-corrected chi connectivity index (χ2v) is 9.29. The van der Waals surface area contributed by atoms with Gasteiger partial charge >= 0.3 is 0 Å². The average Bonchev–Trinajstić information content (AvgIpc) is 2.80. The summed E-state index contributed by atoms with van der Waals surface area (Å²) in [6, 6.07) is 8.10. The second-order valence-electron chi connectivity index (χ2n) is 7.61. The van der Waals surface area contributed by atoms with Gasteiger partial charge in [0.25, 0.3) is 10.1 Å². The van der Waals surface area contributed by atoms with Gasteiger partial charge in [-0.3, -0.25) is 4.18 Å². The minimum atomic E-state index is -3.69. The van der Waals surface area contributed by atoms with Gasteiger partial charge in [-0.1, -0.05) is 63.7 Å². The second kappa shape index (κ2) is 18.0.